The van der Waals surface area contributed by atoms with Crippen molar-refractivity contribution < 1.29 is 9.66 Å². The first-order valence-corrected chi connectivity index (χ1v) is 6.43. The van der Waals surface area contributed by atoms with E-state index < -0.39 is 21.9 Å². The van der Waals surface area contributed by atoms with Crippen LogP contribution in [0.5, 0.6) is 5.75 Å². The van der Waals surface area contributed by atoms with Crippen LogP contribution < -0.4 is 16.0 Å². The Bertz CT molecular complexity index is 835. The fraction of sp³-hybridized carbons (Fsp3) is 0.143. The molecule has 0 aliphatic carbocycles. The van der Waals surface area contributed by atoms with E-state index in [0.717, 1.165) is 0 Å². The first kappa shape index (κ1) is 15.2. The van der Waals surface area contributed by atoms with Gasteiger partial charge in [0.15, 0.2) is 0 Å². The molecule has 2 N–H and O–H groups in total. The van der Waals surface area contributed by atoms with Gasteiger partial charge in [0, 0.05) is 0 Å². The smallest absolute Gasteiger partial charge is 0.357 e. The van der Waals surface area contributed by atoms with Gasteiger partial charge >= 0.3 is 16.9 Å². The molecule has 114 valence electrons. The minimum absolute atomic E-state index is 0.166. The summed E-state index contributed by atoms with van der Waals surface area (Å²) in [4.78, 5) is 36.9. The molecule has 1 aromatic carbocycles. The number of hydrogen-bond donors (Lipinski definition) is 2. The molecule has 0 fully saturated rings. The van der Waals surface area contributed by atoms with Crippen LogP contribution in [0.3, 0.4) is 0 Å². The van der Waals surface area contributed by atoms with Gasteiger partial charge in [-0.25, -0.2) is 4.79 Å². The van der Waals surface area contributed by atoms with Gasteiger partial charge in [0.2, 0.25) is 0 Å². The highest BCUT2D eigenvalue weighted by molar-refractivity contribution is 5.72. The molecule has 0 saturated heterocycles. The van der Waals surface area contributed by atoms with Gasteiger partial charge in [-0.3, -0.25) is 19.9 Å². The number of aromatic amines is 2. The molecular formula is C14H13N3O5. The van der Waals surface area contributed by atoms with Crippen molar-refractivity contribution in [2.75, 3.05) is 6.61 Å². The van der Waals surface area contributed by atoms with Crippen LogP contribution in [0.25, 0.3) is 12.2 Å². The minimum atomic E-state index is -1.04. The van der Waals surface area contributed by atoms with Gasteiger partial charge in [-0.15, -0.1) is 0 Å². The number of aromatic nitrogens is 2. The van der Waals surface area contributed by atoms with Gasteiger partial charge in [-0.2, -0.15) is 0 Å². The largest absolute Gasteiger partial charge is 0.494 e. The van der Waals surface area contributed by atoms with Crippen LogP contribution in [-0.4, -0.2) is 21.5 Å². The summed E-state index contributed by atoms with van der Waals surface area (Å²) in [7, 11) is 0. The topological polar surface area (TPSA) is 118 Å². The molecule has 0 bridgehead atoms. The third-order valence-electron chi connectivity index (χ3n) is 2.74. The Kier molecular flexibility index (Phi) is 4.52. The molecule has 0 spiro atoms. The molecule has 8 nitrogen and oxygen atoms in total. The van der Waals surface area contributed by atoms with E-state index in [-0.39, 0.29) is 5.69 Å². The highest BCUT2D eigenvalue weighted by atomic mass is 16.6. The lowest BCUT2D eigenvalue weighted by molar-refractivity contribution is -0.386. The van der Waals surface area contributed by atoms with Crippen molar-refractivity contribution in [1.82, 2.24) is 9.97 Å². The molecule has 2 rings (SSSR count). The highest BCUT2D eigenvalue weighted by Crippen LogP contribution is 2.17. The van der Waals surface area contributed by atoms with Crippen LogP contribution >= 0.6 is 0 Å². The second-order valence-corrected chi connectivity index (χ2v) is 4.27. The summed E-state index contributed by atoms with van der Waals surface area (Å²) in [5.74, 6) is 0.651. The van der Waals surface area contributed by atoms with Gasteiger partial charge in [0.25, 0.3) is 0 Å². The number of hydrogen-bond acceptors (Lipinski definition) is 5. The Labute approximate surface area is 124 Å². The van der Waals surface area contributed by atoms with Crippen LogP contribution in [0.1, 0.15) is 18.2 Å². The van der Waals surface area contributed by atoms with E-state index in [1.807, 2.05) is 11.9 Å². The molecule has 8 heteroatoms. The predicted molar refractivity (Wildman–Crippen MR) is 80.9 cm³/mol. The molecule has 0 aliphatic heterocycles. The summed E-state index contributed by atoms with van der Waals surface area (Å²) in [6.45, 7) is 2.37. The van der Waals surface area contributed by atoms with Crippen molar-refractivity contribution in [2.24, 2.45) is 0 Å². The first-order chi connectivity index (χ1) is 10.5. The van der Waals surface area contributed by atoms with E-state index in [9.17, 15) is 19.7 Å². The quantitative estimate of drug-likeness (QED) is 0.641. The molecule has 1 aromatic heterocycles. The summed E-state index contributed by atoms with van der Waals surface area (Å²) in [6, 6.07) is 7.03. The maximum atomic E-state index is 11.5. The van der Waals surface area contributed by atoms with Gasteiger partial charge in [-0.1, -0.05) is 18.2 Å². The zero-order valence-corrected chi connectivity index (χ0v) is 11.7. The predicted octanol–water partition coefficient (Wildman–Crippen LogP) is 1.54. The standard InChI is InChI=1S/C14H13N3O5/c1-2-22-10-5-3-4-9(8-10)6-7-11-12(17(20)21)13(18)16-14(19)15-11/h3-8H,2H2,1H3,(H2,15,16,18,19). The second kappa shape index (κ2) is 6.53. The monoisotopic (exact) mass is 303 g/mol. The van der Waals surface area contributed by atoms with E-state index >= 15 is 0 Å². The van der Waals surface area contributed by atoms with E-state index in [2.05, 4.69) is 4.98 Å². The van der Waals surface area contributed by atoms with Crippen molar-refractivity contribution >= 4 is 17.8 Å². The minimum Gasteiger partial charge on any atom is -0.494 e. The fourth-order valence-corrected chi connectivity index (χ4v) is 1.85. The number of ether oxygens (including phenoxy) is 1. The molecule has 2 aromatic rings. The Hall–Kier alpha value is -3.16. The van der Waals surface area contributed by atoms with E-state index in [4.69, 9.17) is 4.74 Å². The zero-order chi connectivity index (χ0) is 16.1. The lowest BCUT2D eigenvalue weighted by Gasteiger charge is -2.03. The van der Waals surface area contributed by atoms with E-state index in [1.165, 1.54) is 6.08 Å². The molecule has 0 radical (unpaired) electrons. The molecule has 22 heavy (non-hydrogen) atoms. The van der Waals surface area contributed by atoms with Gasteiger partial charge < -0.3 is 9.72 Å². The normalized spacial score (nSPS) is 10.8. The summed E-state index contributed by atoms with van der Waals surface area (Å²) < 4.78 is 5.34. The SMILES string of the molecule is CCOc1cccc(C=Cc2[nH]c(=O)[nH]c(=O)c2[N+](=O)[O-])c1. The van der Waals surface area contributed by atoms with Crippen LogP contribution in [0.15, 0.2) is 33.9 Å². The molecule has 0 atom stereocenters. The van der Waals surface area contributed by atoms with Crippen LogP contribution in [0.4, 0.5) is 5.69 Å². The molecular weight excluding hydrogens is 290 g/mol. The summed E-state index contributed by atoms with van der Waals surface area (Å²) in [6.07, 6.45) is 2.85. The van der Waals surface area contributed by atoms with E-state index in [0.29, 0.717) is 17.9 Å². The average molecular weight is 303 g/mol. The van der Waals surface area contributed by atoms with E-state index in [1.54, 1.807) is 30.3 Å². The maximum Gasteiger partial charge on any atom is 0.357 e. The van der Waals surface area contributed by atoms with Crippen molar-refractivity contribution in [2.45, 2.75) is 6.92 Å². The Morgan fingerprint density at radius 2 is 2.05 bits per heavy atom. The molecule has 0 amide bonds. The fourth-order valence-electron chi connectivity index (χ4n) is 1.85. The molecule has 0 aliphatic rings. The third kappa shape index (κ3) is 3.48. The van der Waals surface area contributed by atoms with Gasteiger partial charge in [0.05, 0.1) is 11.5 Å². The number of nitrogens with zero attached hydrogens (tertiary/aromatic N) is 1. The summed E-state index contributed by atoms with van der Waals surface area (Å²) in [5.41, 5.74) is -2.02. The van der Waals surface area contributed by atoms with Crippen LogP contribution in [0, 0.1) is 10.1 Å². The van der Waals surface area contributed by atoms with Gasteiger partial charge in [-0.05, 0) is 30.7 Å². The third-order valence-corrected chi connectivity index (χ3v) is 2.74. The van der Waals surface area contributed by atoms with Crippen LogP contribution in [-0.2, 0) is 0 Å². The van der Waals surface area contributed by atoms with Crippen molar-refractivity contribution in [1.29, 1.82) is 0 Å². The lowest BCUT2D eigenvalue weighted by Crippen LogP contribution is -2.25. The Morgan fingerprint density at radius 3 is 2.73 bits per heavy atom. The number of nitrogens with one attached hydrogen (secondary N) is 2. The number of rotatable bonds is 5. The summed E-state index contributed by atoms with van der Waals surface area (Å²) >= 11 is 0. The van der Waals surface area contributed by atoms with Gasteiger partial charge in [0.1, 0.15) is 11.4 Å². The van der Waals surface area contributed by atoms with Crippen molar-refractivity contribution in [3.8, 4) is 5.75 Å². The summed E-state index contributed by atoms with van der Waals surface area (Å²) in [5, 5.41) is 10.9. The maximum absolute atomic E-state index is 11.5. The number of nitro groups is 1. The highest BCUT2D eigenvalue weighted by Gasteiger charge is 2.18. The molecule has 1 heterocycles. The Morgan fingerprint density at radius 1 is 1.27 bits per heavy atom. The molecule has 0 saturated carbocycles. The average Bonchev–Trinajstić information content (AvgIpc) is 2.44. The Balaban J connectivity index is 2.42. The number of benzene rings is 1. The van der Waals surface area contributed by atoms with Crippen molar-refractivity contribution in [3.63, 3.8) is 0 Å². The van der Waals surface area contributed by atoms with Crippen molar-refractivity contribution in [3.05, 3.63) is 66.5 Å². The lowest BCUT2D eigenvalue weighted by atomic mass is 10.2. The van der Waals surface area contributed by atoms with Crippen LogP contribution in [0.2, 0.25) is 0 Å². The second-order valence-electron chi connectivity index (χ2n) is 4.27. The number of H-pyrrole nitrogens is 2. The molecule has 0 unspecified atom stereocenters. The first-order valence-electron chi connectivity index (χ1n) is 6.43. The zero-order valence-electron chi connectivity index (χ0n) is 11.7.